The zero-order valence-corrected chi connectivity index (χ0v) is 21.2. The monoisotopic (exact) mass is 501 g/mol. The number of aliphatic imine (C=N–C) groups is 1. The van der Waals surface area contributed by atoms with Gasteiger partial charge in [-0.15, -0.1) is 0 Å². The predicted octanol–water partition coefficient (Wildman–Crippen LogP) is 2.19. The number of hydrogen-bond acceptors (Lipinski definition) is 10. The van der Waals surface area contributed by atoms with Crippen molar-refractivity contribution >= 4 is 21.9 Å². The smallest absolute Gasteiger partial charge is 0.324 e. The molecule has 10 nitrogen and oxygen atoms in total. The van der Waals surface area contributed by atoms with Gasteiger partial charge in [0.05, 0.1) is 38.1 Å². The minimum Gasteiger partial charge on any atom is -0.486 e. The van der Waals surface area contributed by atoms with Crippen LogP contribution in [0.4, 0.5) is 5.82 Å². The minimum atomic E-state index is -3.56. The maximum Gasteiger partial charge on any atom is 0.324 e. The summed E-state index contributed by atoms with van der Waals surface area (Å²) in [5.41, 5.74) is 7.04. The second-order valence-corrected chi connectivity index (χ2v) is 11.7. The number of anilines is 1. The Labute approximate surface area is 205 Å². The lowest BCUT2D eigenvalue weighted by Crippen LogP contribution is -2.56. The van der Waals surface area contributed by atoms with Crippen LogP contribution in [0.2, 0.25) is 0 Å². The van der Waals surface area contributed by atoms with Crippen LogP contribution < -0.4 is 20.1 Å². The summed E-state index contributed by atoms with van der Waals surface area (Å²) in [6, 6.07) is 9.66. The molecule has 1 aromatic heterocycles. The van der Waals surface area contributed by atoms with Gasteiger partial charge < -0.3 is 24.8 Å². The molecule has 35 heavy (non-hydrogen) atoms. The van der Waals surface area contributed by atoms with E-state index in [1.807, 2.05) is 37.3 Å². The predicted molar refractivity (Wildman–Crippen MR) is 133 cm³/mol. The van der Waals surface area contributed by atoms with E-state index in [0.29, 0.717) is 37.9 Å². The number of morpholine rings is 1. The first-order valence-corrected chi connectivity index (χ1v) is 13.3. The number of nitrogens with two attached hydrogens (primary N) is 1. The van der Waals surface area contributed by atoms with Gasteiger partial charge >= 0.3 is 6.01 Å². The number of hydrogen-bond donors (Lipinski definition) is 1. The van der Waals surface area contributed by atoms with Crippen LogP contribution >= 0.6 is 0 Å². The number of rotatable bonds is 7. The van der Waals surface area contributed by atoms with Gasteiger partial charge in [-0.25, -0.2) is 8.42 Å². The van der Waals surface area contributed by atoms with E-state index >= 15 is 0 Å². The SMILES string of the molecule is C[C@@H]1COC[C@H]2COc3c(nc(OC(C=NCc4ccccc4)=CN)nc3C(C)(C)S(C)(=O)=O)N21. The molecule has 2 aliphatic rings. The zero-order valence-electron chi connectivity index (χ0n) is 20.3. The van der Waals surface area contributed by atoms with Gasteiger partial charge in [0.15, 0.2) is 27.2 Å². The fourth-order valence-electron chi connectivity index (χ4n) is 3.97. The van der Waals surface area contributed by atoms with Crippen LogP contribution in [0.15, 0.2) is 47.3 Å². The molecule has 1 saturated heterocycles. The Morgan fingerprint density at radius 1 is 1.26 bits per heavy atom. The molecule has 0 saturated carbocycles. The molecule has 1 fully saturated rings. The van der Waals surface area contributed by atoms with E-state index in [0.717, 1.165) is 5.56 Å². The molecule has 4 rings (SSSR count). The van der Waals surface area contributed by atoms with Crippen molar-refractivity contribution in [2.24, 2.45) is 10.7 Å². The fourth-order valence-corrected chi connectivity index (χ4v) is 4.46. The van der Waals surface area contributed by atoms with Gasteiger partial charge in [0.2, 0.25) is 0 Å². The second kappa shape index (κ2) is 9.82. The number of sulfone groups is 1. The molecule has 0 spiro atoms. The van der Waals surface area contributed by atoms with E-state index in [1.165, 1.54) is 18.7 Å². The first kappa shape index (κ1) is 24.9. The fraction of sp³-hybridized carbons (Fsp3) is 0.458. The number of benzene rings is 1. The molecule has 0 aliphatic carbocycles. The number of ether oxygens (including phenoxy) is 3. The molecule has 0 unspecified atom stereocenters. The largest absolute Gasteiger partial charge is 0.486 e. The lowest BCUT2D eigenvalue weighted by atomic mass is 10.0. The number of nitrogens with zero attached hydrogens (tertiary/aromatic N) is 4. The molecule has 1 aromatic carbocycles. The van der Waals surface area contributed by atoms with Crippen LogP contribution in [-0.2, 0) is 25.9 Å². The van der Waals surface area contributed by atoms with Gasteiger partial charge in [-0.3, -0.25) is 4.99 Å². The van der Waals surface area contributed by atoms with E-state index < -0.39 is 14.6 Å². The molecular formula is C24H31N5O5S. The molecular weight excluding hydrogens is 470 g/mol. The van der Waals surface area contributed by atoms with E-state index in [9.17, 15) is 8.42 Å². The van der Waals surface area contributed by atoms with Crippen LogP contribution in [0.5, 0.6) is 11.8 Å². The number of allylic oxidation sites excluding steroid dienone is 1. The van der Waals surface area contributed by atoms with Crippen LogP contribution in [0, 0.1) is 0 Å². The standard InChI is InChI=1S/C24H31N5O5S/c1-16-13-32-14-18-15-33-20-21(24(2,3)35(4,30)31)27-23(28-22(20)29(16)18)34-19(10-25)12-26-11-17-8-6-5-7-9-17/h5-10,12,16,18H,11,13-15,25H2,1-4H3/t16-,18+/m1/s1. The van der Waals surface area contributed by atoms with Gasteiger partial charge in [-0.2, -0.15) is 9.97 Å². The highest BCUT2D eigenvalue weighted by atomic mass is 32.2. The summed E-state index contributed by atoms with van der Waals surface area (Å²) < 4.78 is 41.7. The molecule has 2 N–H and O–H groups in total. The summed E-state index contributed by atoms with van der Waals surface area (Å²) in [5, 5.41) is 0. The topological polar surface area (TPSA) is 129 Å². The van der Waals surface area contributed by atoms with Crippen LogP contribution in [0.1, 0.15) is 32.0 Å². The highest BCUT2D eigenvalue weighted by Crippen LogP contribution is 2.44. The number of fused-ring (bicyclic) bond motifs is 3. The van der Waals surface area contributed by atoms with Crippen LogP contribution in [-0.4, -0.2) is 62.8 Å². The molecule has 3 heterocycles. The molecule has 0 amide bonds. The maximum atomic E-state index is 12.7. The van der Waals surface area contributed by atoms with Crippen molar-refractivity contribution < 1.29 is 22.6 Å². The third-order valence-corrected chi connectivity index (χ3v) is 8.28. The van der Waals surface area contributed by atoms with Crippen LogP contribution in [0.3, 0.4) is 0 Å². The van der Waals surface area contributed by atoms with Gasteiger partial charge in [0.25, 0.3) is 0 Å². The van der Waals surface area contributed by atoms with E-state index in [1.54, 1.807) is 13.8 Å². The van der Waals surface area contributed by atoms with Crippen molar-refractivity contribution in [2.45, 2.75) is 44.1 Å². The minimum absolute atomic E-state index is 0.00491. The summed E-state index contributed by atoms with van der Waals surface area (Å²) in [6.07, 6.45) is 3.93. The van der Waals surface area contributed by atoms with Crippen LogP contribution in [0.25, 0.3) is 0 Å². The molecule has 11 heteroatoms. The van der Waals surface area contributed by atoms with E-state index in [-0.39, 0.29) is 29.5 Å². The maximum absolute atomic E-state index is 12.7. The Balaban J connectivity index is 1.72. The first-order chi connectivity index (χ1) is 16.6. The average Bonchev–Trinajstić information content (AvgIpc) is 2.82. The van der Waals surface area contributed by atoms with Gasteiger partial charge in [-0.05, 0) is 26.3 Å². The summed E-state index contributed by atoms with van der Waals surface area (Å²) in [7, 11) is -3.56. The summed E-state index contributed by atoms with van der Waals surface area (Å²) in [6.45, 7) is 6.98. The average molecular weight is 502 g/mol. The Morgan fingerprint density at radius 2 is 2.00 bits per heavy atom. The van der Waals surface area contributed by atoms with Crippen molar-refractivity contribution in [1.29, 1.82) is 0 Å². The lowest BCUT2D eigenvalue weighted by molar-refractivity contribution is 0.0480. The molecule has 188 valence electrons. The second-order valence-electron chi connectivity index (χ2n) is 9.18. The summed E-state index contributed by atoms with van der Waals surface area (Å²) >= 11 is 0. The summed E-state index contributed by atoms with van der Waals surface area (Å²) in [5.74, 6) is 1.05. The normalized spacial score (nSPS) is 20.8. The Kier molecular flexibility index (Phi) is 7.00. The van der Waals surface area contributed by atoms with E-state index in [4.69, 9.17) is 19.9 Å². The Hall–Kier alpha value is -3.18. The number of aromatic nitrogens is 2. The first-order valence-electron chi connectivity index (χ1n) is 11.4. The Morgan fingerprint density at radius 3 is 2.69 bits per heavy atom. The van der Waals surface area contributed by atoms with Gasteiger partial charge in [0, 0.05) is 12.5 Å². The molecule has 0 bridgehead atoms. The summed E-state index contributed by atoms with van der Waals surface area (Å²) in [4.78, 5) is 15.6. The van der Waals surface area contributed by atoms with Crippen molar-refractivity contribution in [3.8, 4) is 11.8 Å². The third kappa shape index (κ3) is 5.10. The van der Waals surface area contributed by atoms with E-state index in [2.05, 4.69) is 19.9 Å². The van der Waals surface area contributed by atoms with Crippen molar-refractivity contribution in [1.82, 2.24) is 9.97 Å². The highest BCUT2D eigenvalue weighted by Gasteiger charge is 2.44. The lowest BCUT2D eigenvalue weighted by Gasteiger charge is -2.45. The molecule has 0 radical (unpaired) electrons. The highest BCUT2D eigenvalue weighted by molar-refractivity contribution is 7.91. The van der Waals surface area contributed by atoms with Gasteiger partial charge in [-0.1, -0.05) is 30.3 Å². The molecule has 2 aromatic rings. The van der Waals surface area contributed by atoms with Crippen molar-refractivity contribution in [3.63, 3.8) is 0 Å². The van der Waals surface area contributed by atoms with Crippen molar-refractivity contribution in [3.05, 3.63) is 53.5 Å². The molecule has 2 aliphatic heterocycles. The van der Waals surface area contributed by atoms with Crippen molar-refractivity contribution in [2.75, 3.05) is 31.0 Å². The molecule has 2 atom stereocenters. The van der Waals surface area contributed by atoms with Gasteiger partial charge in [0.1, 0.15) is 17.0 Å². The third-order valence-electron chi connectivity index (χ3n) is 6.24. The quantitative estimate of drug-likeness (QED) is 0.448. The zero-order chi connectivity index (χ0) is 25.2. The Bertz CT molecular complexity index is 1230.